The van der Waals surface area contributed by atoms with E-state index in [1.807, 2.05) is 54.9 Å². The monoisotopic (exact) mass is 415 g/mol. The topological polar surface area (TPSA) is 65.4 Å². The molecule has 0 fully saturated rings. The maximum atomic E-state index is 12.6. The van der Waals surface area contributed by atoms with Crippen molar-refractivity contribution in [3.05, 3.63) is 90.3 Å². The second-order valence-electron chi connectivity index (χ2n) is 7.18. The molecule has 0 radical (unpaired) electrons. The van der Waals surface area contributed by atoms with E-state index in [0.717, 1.165) is 29.6 Å². The molecule has 0 aliphatic rings. The van der Waals surface area contributed by atoms with Crippen LogP contribution in [0.2, 0.25) is 0 Å². The summed E-state index contributed by atoms with van der Waals surface area (Å²) in [5.41, 5.74) is 3.69. The molecule has 4 aromatic rings. The van der Waals surface area contributed by atoms with Gasteiger partial charge in [0.1, 0.15) is 6.61 Å². The fourth-order valence-corrected chi connectivity index (χ4v) is 3.41. The molecule has 0 atom stereocenters. The largest absolute Gasteiger partial charge is 0.493 e. The van der Waals surface area contributed by atoms with Gasteiger partial charge in [0, 0.05) is 18.7 Å². The Bertz CT molecular complexity index is 1160. The van der Waals surface area contributed by atoms with E-state index in [1.165, 1.54) is 0 Å². The van der Waals surface area contributed by atoms with E-state index < -0.39 is 0 Å². The average molecular weight is 415 g/mol. The fraction of sp³-hybridized carbons (Fsp3) is 0.200. The van der Waals surface area contributed by atoms with Crippen molar-refractivity contribution in [3.63, 3.8) is 0 Å². The number of amides is 1. The molecule has 0 aliphatic carbocycles. The van der Waals surface area contributed by atoms with Gasteiger partial charge in [0.25, 0.3) is 5.91 Å². The van der Waals surface area contributed by atoms with Crippen LogP contribution < -0.4 is 14.8 Å². The standard InChI is InChI=1S/C25H25N3O3/c1-30-24-16-20(12-13-23(24)31-17-19-8-3-2-4-9-19)25(29)26-14-7-15-28-18-27-21-10-5-6-11-22(21)28/h2-6,8-13,16,18H,7,14-15,17H2,1H3,(H,26,29). The third-order valence-electron chi connectivity index (χ3n) is 5.05. The van der Waals surface area contributed by atoms with Gasteiger partial charge in [-0.25, -0.2) is 4.98 Å². The van der Waals surface area contributed by atoms with Gasteiger partial charge in [-0.2, -0.15) is 0 Å². The number of methoxy groups -OCH3 is 1. The van der Waals surface area contributed by atoms with Gasteiger partial charge in [-0.15, -0.1) is 0 Å². The van der Waals surface area contributed by atoms with Crippen molar-refractivity contribution in [1.29, 1.82) is 0 Å². The van der Waals surface area contributed by atoms with Gasteiger partial charge < -0.3 is 19.4 Å². The van der Waals surface area contributed by atoms with Crippen LogP contribution >= 0.6 is 0 Å². The van der Waals surface area contributed by atoms with Crippen LogP contribution in [0.25, 0.3) is 11.0 Å². The number of carbonyl (C=O) groups is 1. The number of aromatic nitrogens is 2. The zero-order chi connectivity index (χ0) is 21.5. The molecule has 0 unspecified atom stereocenters. The molecule has 6 nitrogen and oxygen atoms in total. The number of carbonyl (C=O) groups excluding carboxylic acids is 1. The number of aryl methyl sites for hydroxylation is 1. The molecule has 0 aliphatic heterocycles. The van der Waals surface area contributed by atoms with E-state index in [2.05, 4.69) is 20.9 Å². The Morgan fingerprint density at radius 3 is 2.65 bits per heavy atom. The smallest absolute Gasteiger partial charge is 0.251 e. The first-order valence-corrected chi connectivity index (χ1v) is 10.3. The van der Waals surface area contributed by atoms with Crippen LogP contribution in [0.15, 0.2) is 79.1 Å². The van der Waals surface area contributed by atoms with Crippen molar-refractivity contribution in [3.8, 4) is 11.5 Å². The first kappa shape index (κ1) is 20.5. The van der Waals surface area contributed by atoms with Crippen molar-refractivity contribution in [1.82, 2.24) is 14.9 Å². The molecule has 31 heavy (non-hydrogen) atoms. The normalized spacial score (nSPS) is 10.7. The molecule has 1 heterocycles. The summed E-state index contributed by atoms with van der Waals surface area (Å²) in [6.45, 7) is 1.79. The highest BCUT2D eigenvalue weighted by atomic mass is 16.5. The van der Waals surface area contributed by atoms with Crippen LogP contribution in [0.1, 0.15) is 22.3 Å². The summed E-state index contributed by atoms with van der Waals surface area (Å²) in [6.07, 6.45) is 2.65. The van der Waals surface area contributed by atoms with Gasteiger partial charge in [-0.3, -0.25) is 4.79 Å². The number of para-hydroxylation sites is 2. The van der Waals surface area contributed by atoms with Crippen molar-refractivity contribution in [2.75, 3.05) is 13.7 Å². The molecule has 158 valence electrons. The molecular formula is C25H25N3O3. The predicted molar refractivity (Wildman–Crippen MR) is 120 cm³/mol. The molecular weight excluding hydrogens is 390 g/mol. The summed E-state index contributed by atoms with van der Waals surface area (Å²) >= 11 is 0. The molecule has 0 bridgehead atoms. The second-order valence-corrected chi connectivity index (χ2v) is 7.18. The van der Waals surface area contributed by atoms with Crippen LogP contribution in [-0.2, 0) is 13.2 Å². The predicted octanol–water partition coefficient (Wildman–Crippen LogP) is 4.44. The second kappa shape index (κ2) is 9.80. The highest BCUT2D eigenvalue weighted by Crippen LogP contribution is 2.28. The minimum atomic E-state index is -0.136. The van der Waals surface area contributed by atoms with E-state index in [1.54, 1.807) is 25.3 Å². The number of nitrogens with zero attached hydrogens (tertiary/aromatic N) is 2. The van der Waals surface area contributed by atoms with Gasteiger partial charge in [0.05, 0.1) is 24.5 Å². The summed E-state index contributed by atoms with van der Waals surface area (Å²) < 4.78 is 13.4. The zero-order valence-electron chi connectivity index (χ0n) is 17.5. The average Bonchev–Trinajstić information content (AvgIpc) is 3.24. The SMILES string of the molecule is COc1cc(C(=O)NCCCn2cnc3ccccc32)ccc1OCc1ccccc1. The lowest BCUT2D eigenvalue weighted by Crippen LogP contribution is -2.25. The van der Waals surface area contributed by atoms with Gasteiger partial charge in [-0.05, 0) is 42.3 Å². The molecule has 1 aromatic heterocycles. The lowest BCUT2D eigenvalue weighted by molar-refractivity contribution is 0.0952. The van der Waals surface area contributed by atoms with E-state index in [9.17, 15) is 4.79 Å². The third kappa shape index (κ3) is 5.04. The Labute approximate surface area is 181 Å². The minimum Gasteiger partial charge on any atom is -0.493 e. The van der Waals surface area contributed by atoms with E-state index in [-0.39, 0.29) is 5.91 Å². The van der Waals surface area contributed by atoms with Crippen LogP contribution in [-0.4, -0.2) is 29.1 Å². The van der Waals surface area contributed by atoms with Crippen LogP contribution in [0.3, 0.4) is 0 Å². The number of benzene rings is 3. The number of nitrogens with one attached hydrogen (secondary N) is 1. The third-order valence-corrected chi connectivity index (χ3v) is 5.05. The Hall–Kier alpha value is -3.80. The number of rotatable bonds is 9. The number of hydrogen-bond donors (Lipinski definition) is 1. The van der Waals surface area contributed by atoms with E-state index in [0.29, 0.717) is 30.2 Å². The number of fused-ring (bicyclic) bond motifs is 1. The fourth-order valence-electron chi connectivity index (χ4n) is 3.41. The quantitative estimate of drug-likeness (QED) is 0.410. The van der Waals surface area contributed by atoms with Crippen LogP contribution in [0, 0.1) is 0 Å². The maximum absolute atomic E-state index is 12.6. The molecule has 1 N–H and O–H groups in total. The highest BCUT2D eigenvalue weighted by molar-refractivity contribution is 5.94. The molecule has 1 amide bonds. The first-order chi connectivity index (χ1) is 15.2. The Morgan fingerprint density at radius 2 is 1.81 bits per heavy atom. The van der Waals surface area contributed by atoms with Crippen molar-refractivity contribution in [2.45, 2.75) is 19.6 Å². The molecule has 0 saturated heterocycles. The summed E-state index contributed by atoms with van der Waals surface area (Å²) in [7, 11) is 1.57. The van der Waals surface area contributed by atoms with E-state index in [4.69, 9.17) is 9.47 Å². The maximum Gasteiger partial charge on any atom is 0.251 e. The molecule has 6 heteroatoms. The van der Waals surface area contributed by atoms with Gasteiger partial charge >= 0.3 is 0 Å². The zero-order valence-corrected chi connectivity index (χ0v) is 17.5. The van der Waals surface area contributed by atoms with Crippen LogP contribution in [0.4, 0.5) is 0 Å². The van der Waals surface area contributed by atoms with Gasteiger partial charge in [0.15, 0.2) is 11.5 Å². The van der Waals surface area contributed by atoms with Gasteiger partial charge in [0.2, 0.25) is 0 Å². The summed E-state index contributed by atoms with van der Waals surface area (Å²) in [5.74, 6) is 1.01. The van der Waals surface area contributed by atoms with Crippen molar-refractivity contribution < 1.29 is 14.3 Å². The van der Waals surface area contributed by atoms with E-state index >= 15 is 0 Å². The first-order valence-electron chi connectivity index (χ1n) is 10.3. The van der Waals surface area contributed by atoms with Gasteiger partial charge in [-0.1, -0.05) is 42.5 Å². The summed E-state index contributed by atoms with van der Waals surface area (Å²) in [4.78, 5) is 16.9. The number of hydrogen-bond acceptors (Lipinski definition) is 4. The Kier molecular flexibility index (Phi) is 6.47. The molecule has 4 rings (SSSR count). The molecule has 0 saturated carbocycles. The molecule has 3 aromatic carbocycles. The lowest BCUT2D eigenvalue weighted by Gasteiger charge is -2.12. The van der Waals surface area contributed by atoms with Crippen molar-refractivity contribution in [2.24, 2.45) is 0 Å². The summed E-state index contributed by atoms with van der Waals surface area (Å²) in [6, 6.07) is 23.2. The number of imidazole rings is 1. The number of ether oxygens (including phenoxy) is 2. The minimum absolute atomic E-state index is 0.136. The Balaban J connectivity index is 1.30. The summed E-state index contributed by atoms with van der Waals surface area (Å²) in [5, 5.41) is 2.97. The molecule has 0 spiro atoms. The lowest BCUT2D eigenvalue weighted by atomic mass is 10.2. The Morgan fingerprint density at radius 1 is 1.00 bits per heavy atom. The highest BCUT2D eigenvalue weighted by Gasteiger charge is 2.11. The van der Waals surface area contributed by atoms with Crippen molar-refractivity contribution >= 4 is 16.9 Å². The van der Waals surface area contributed by atoms with Crippen LogP contribution in [0.5, 0.6) is 11.5 Å².